The molecule has 0 bridgehead atoms. The molecule has 1 aliphatic heterocycles. The number of nitrogens with zero attached hydrogens (tertiary/aromatic N) is 1. The summed E-state index contributed by atoms with van der Waals surface area (Å²) >= 11 is 5.99. The number of likely N-dealkylation sites (tertiary alicyclic amines) is 1. The molecule has 3 aromatic rings. The number of nitrogens with one attached hydrogen (secondary N) is 1. The third-order valence-electron chi connectivity index (χ3n) is 6.97. The smallest absolute Gasteiger partial charge is 0.0920 e. The summed E-state index contributed by atoms with van der Waals surface area (Å²) in [5.41, 5.74) is 3.05. The lowest BCUT2D eigenvalue weighted by Crippen LogP contribution is -2.43. The van der Waals surface area contributed by atoms with Crippen molar-refractivity contribution in [2.24, 2.45) is 0 Å². The highest BCUT2D eigenvalue weighted by molar-refractivity contribution is 6.30. The lowest BCUT2D eigenvalue weighted by molar-refractivity contribution is -0.0263. The summed E-state index contributed by atoms with van der Waals surface area (Å²) < 4.78 is 0. The average Bonchev–Trinajstić information content (AvgIpc) is 2.87. The molecule has 3 aromatic carbocycles. The van der Waals surface area contributed by atoms with Crippen LogP contribution in [0.3, 0.4) is 0 Å². The second-order valence-electron chi connectivity index (χ2n) is 9.23. The van der Waals surface area contributed by atoms with Crippen LogP contribution < -0.4 is 5.32 Å². The SMILES string of the molecule is OC1(c2ccccc2)CCN(CCC(CCNCc2ccc(Cl)cc2)c2ccccc2)CC1. The van der Waals surface area contributed by atoms with Gasteiger partial charge in [0.15, 0.2) is 0 Å². The highest BCUT2D eigenvalue weighted by Crippen LogP contribution is 2.33. The Bertz CT molecular complexity index is 954. The van der Waals surface area contributed by atoms with E-state index in [2.05, 4.69) is 64.8 Å². The first kappa shape index (κ1) is 24.0. The molecule has 3 nitrogen and oxygen atoms in total. The Morgan fingerprint density at radius 1 is 0.848 bits per heavy atom. The minimum atomic E-state index is -0.678. The molecule has 1 unspecified atom stereocenters. The van der Waals surface area contributed by atoms with Crippen molar-refractivity contribution in [1.82, 2.24) is 10.2 Å². The molecule has 1 atom stereocenters. The van der Waals surface area contributed by atoms with Crippen molar-refractivity contribution in [3.05, 3.63) is 107 Å². The summed E-state index contributed by atoms with van der Waals surface area (Å²) in [4.78, 5) is 2.52. The van der Waals surface area contributed by atoms with E-state index < -0.39 is 5.60 Å². The maximum Gasteiger partial charge on any atom is 0.0920 e. The number of hydrogen-bond donors (Lipinski definition) is 2. The maximum atomic E-state index is 11.1. The van der Waals surface area contributed by atoms with Crippen molar-refractivity contribution in [2.45, 2.75) is 43.7 Å². The molecule has 0 spiro atoms. The molecule has 2 N–H and O–H groups in total. The van der Waals surface area contributed by atoms with Crippen LogP contribution in [0.2, 0.25) is 5.02 Å². The molecule has 4 rings (SSSR count). The lowest BCUT2D eigenvalue weighted by atomic mass is 9.84. The summed E-state index contributed by atoms with van der Waals surface area (Å²) in [7, 11) is 0. The maximum absolute atomic E-state index is 11.1. The van der Waals surface area contributed by atoms with E-state index in [-0.39, 0.29) is 0 Å². The molecular formula is C29H35ClN2O. The zero-order valence-electron chi connectivity index (χ0n) is 19.3. The van der Waals surface area contributed by atoms with Gasteiger partial charge < -0.3 is 15.3 Å². The predicted octanol–water partition coefficient (Wildman–Crippen LogP) is 5.98. The quantitative estimate of drug-likeness (QED) is 0.364. The first-order valence-electron chi connectivity index (χ1n) is 12.1. The Morgan fingerprint density at radius 2 is 1.48 bits per heavy atom. The van der Waals surface area contributed by atoms with Crippen LogP contribution in [0.15, 0.2) is 84.9 Å². The van der Waals surface area contributed by atoms with Gasteiger partial charge in [0, 0.05) is 24.7 Å². The number of piperidine rings is 1. The van der Waals surface area contributed by atoms with Gasteiger partial charge in [0.25, 0.3) is 0 Å². The minimum Gasteiger partial charge on any atom is -0.385 e. The molecular weight excluding hydrogens is 428 g/mol. The van der Waals surface area contributed by atoms with Crippen LogP contribution in [-0.4, -0.2) is 36.2 Å². The Morgan fingerprint density at radius 3 is 2.15 bits per heavy atom. The molecule has 0 radical (unpaired) electrons. The largest absolute Gasteiger partial charge is 0.385 e. The van der Waals surface area contributed by atoms with Crippen molar-refractivity contribution in [3.63, 3.8) is 0 Å². The van der Waals surface area contributed by atoms with Gasteiger partial charge in [-0.3, -0.25) is 0 Å². The fraction of sp³-hybridized carbons (Fsp3) is 0.379. The van der Waals surface area contributed by atoms with E-state index in [1.54, 1.807) is 0 Å². The van der Waals surface area contributed by atoms with Crippen LogP contribution in [0.5, 0.6) is 0 Å². The number of hydrogen-bond acceptors (Lipinski definition) is 3. The molecule has 174 valence electrons. The first-order valence-corrected chi connectivity index (χ1v) is 12.5. The third kappa shape index (κ3) is 6.91. The van der Waals surface area contributed by atoms with Crippen molar-refractivity contribution in [1.29, 1.82) is 0 Å². The summed E-state index contributed by atoms with van der Waals surface area (Å²) in [6.07, 6.45) is 3.85. The molecule has 0 saturated carbocycles. The first-order chi connectivity index (χ1) is 16.1. The predicted molar refractivity (Wildman–Crippen MR) is 138 cm³/mol. The number of halogens is 1. The zero-order chi connectivity index (χ0) is 22.9. The summed E-state index contributed by atoms with van der Waals surface area (Å²) in [6.45, 7) is 4.81. The van der Waals surface area contributed by atoms with Crippen LogP contribution in [0.4, 0.5) is 0 Å². The van der Waals surface area contributed by atoms with Crippen LogP contribution in [0.25, 0.3) is 0 Å². The molecule has 1 aliphatic rings. The molecule has 4 heteroatoms. The van der Waals surface area contributed by atoms with E-state index in [1.807, 2.05) is 30.3 Å². The van der Waals surface area contributed by atoms with Crippen molar-refractivity contribution < 1.29 is 5.11 Å². The van der Waals surface area contributed by atoms with Crippen molar-refractivity contribution in [2.75, 3.05) is 26.2 Å². The van der Waals surface area contributed by atoms with E-state index in [0.29, 0.717) is 5.92 Å². The average molecular weight is 463 g/mol. The molecule has 1 fully saturated rings. The van der Waals surface area contributed by atoms with Gasteiger partial charge in [0.2, 0.25) is 0 Å². The highest BCUT2D eigenvalue weighted by atomic mass is 35.5. The van der Waals surface area contributed by atoms with Crippen LogP contribution >= 0.6 is 11.6 Å². The van der Waals surface area contributed by atoms with Gasteiger partial charge in [-0.15, -0.1) is 0 Å². The molecule has 33 heavy (non-hydrogen) atoms. The zero-order valence-corrected chi connectivity index (χ0v) is 20.1. The van der Waals surface area contributed by atoms with Crippen LogP contribution in [0.1, 0.15) is 48.3 Å². The van der Waals surface area contributed by atoms with E-state index in [9.17, 15) is 5.11 Å². The number of rotatable bonds is 10. The fourth-order valence-electron chi connectivity index (χ4n) is 4.84. The third-order valence-corrected chi connectivity index (χ3v) is 7.22. The van der Waals surface area contributed by atoms with Gasteiger partial charge in [-0.1, -0.05) is 84.4 Å². The van der Waals surface area contributed by atoms with E-state index in [4.69, 9.17) is 11.6 Å². The van der Waals surface area contributed by atoms with Gasteiger partial charge >= 0.3 is 0 Å². The Labute approximate surface area is 203 Å². The van der Waals surface area contributed by atoms with E-state index in [0.717, 1.165) is 69.0 Å². The number of benzene rings is 3. The van der Waals surface area contributed by atoms with E-state index >= 15 is 0 Å². The second-order valence-corrected chi connectivity index (χ2v) is 9.66. The van der Waals surface area contributed by atoms with Gasteiger partial charge in [-0.05, 0) is 73.5 Å². The summed E-state index contributed by atoms with van der Waals surface area (Å²) in [5, 5.41) is 15.5. The summed E-state index contributed by atoms with van der Waals surface area (Å²) in [6, 6.07) is 29.1. The molecule has 1 saturated heterocycles. The molecule has 0 amide bonds. The molecule has 0 aromatic heterocycles. The molecule has 1 heterocycles. The number of aliphatic hydroxyl groups is 1. The van der Waals surface area contributed by atoms with Crippen molar-refractivity contribution >= 4 is 11.6 Å². The summed E-state index contributed by atoms with van der Waals surface area (Å²) in [5.74, 6) is 0.527. The monoisotopic (exact) mass is 462 g/mol. The molecule has 0 aliphatic carbocycles. The highest BCUT2D eigenvalue weighted by Gasteiger charge is 2.33. The topological polar surface area (TPSA) is 35.5 Å². The lowest BCUT2D eigenvalue weighted by Gasteiger charge is -2.39. The van der Waals surface area contributed by atoms with Crippen LogP contribution in [0, 0.1) is 0 Å². The fourth-order valence-corrected chi connectivity index (χ4v) is 4.96. The Hall–Kier alpha value is -2.17. The Balaban J connectivity index is 1.27. The van der Waals surface area contributed by atoms with Crippen molar-refractivity contribution in [3.8, 4) is 0 Å². The Kier molecular flexibility index (Phi) is 8.57. The van der Waals surface area contributed by atoms with Crippen LogP contribution in [-0.2, 0) is 12.1 Å². The second kappa shape index (κ2) is 11.8. The van der Waals surface area contributed by atoms with Gasteiger partial charge in [-0.2, -0.15) is 0 Å². The standard InChI is InChI=1S/C29H35ClN2O/c30-28-13-11-24(12-14-28)23-31-19-15-26(25-7-3-1-4-8-25)16-20-32-21-17-29(33,18-22-32)27-9-5-2-6-10-27/h1-14,26,31,33H,15-23H2. The minimum absolute atomic E-state index is 0.527. The normalized spacial score (nSPS) is 17.0. The van der Waals surface area contributed by atoms with E-state index in [1.165, 1.54) is 11.1 Å². The van der Waals surface area contributed by atoms with Gasteiger partial charge in [0.1, 0.15) is 0 Å². The van der Waals surface area contributed by atoms with Gasteiger partial charge in [0.05, 0.1) is 5.60 Å². The van der Waals surface area contributed by atoms with Gasteiger partial charge in [-0.25, -0.2) is 0 Å².